The molecule has 20 heavy (non-hydrogen) atoms. The standard InChI is InChI=1S/C18H30O2/c1-3-5-6-7-10-15-18(20)16-12-9-8-11-14-17(18,19)13-4-2/h3-4,8-9,19-20H,1-2,5-7,10-16H2/b9-8-. The van der Waals surface area contributed by atoms with Crippen molar-refractivity contribution in [3.63, 3.8) is 0 Å². The predicted octanol–water partition coefficient (Wildman–Crippen LogP) is 4.29. The Morgan fingerprint density at radius 2 is 1.55 bits per heavy atom. The van der Waals surface area contributed by atoms with Gasteiger partial charge < -0.3 is 10.2 Å². The second-order valence-electron chi connectivity index (χ2n) is 5.99. The van der Waals surface area contributed by atoms with Gasteiger partial charge in [-0.05, 0) is 51.4 Å². The zero-order valence-electron chi connectivity index (χ0n) is 12.7. The second-order valence-corrected chi connectivity index (χ2v) is 5.99. The first-order chi connectivity index (χ1) is 9.58. The van der Waals surface area contributed by atoms with Gasteiger partial charge in [0.25, 0.3) is 0 Å². The fourth-order valence-corrected chi connectivity index (χ4v) is 3.12. The van der Waals surface area contributed by atoms with Crippen LogP contribution in [0.15, 0.2) is 37.5 Å². The van der Waals surface area contributed by atoms with Crippen LogP contribution in [0, 0.1) is 0 Å². The van der Waals surface area contributed by atoms with E-state index in [0.29, 0.717) is 25.7 Å². The van der Waals surface area contributed by atoms with Gasteiger partial charge in [0.05, 0.1) is 11.2 Å². The number of hydrogen-bond donors (Lipinski definition) is 2. The molecular weight excluding hydrogens is 248 g/mol. The van der Waals surface area contributed by atoms with E-state index in [0.717, 1.165) is 38.5 Å². The zero-order valence-corrected chi connectivity index (χ0v) is 12.7. The van der Waals surface area contributed by atoms with Crippen LogP contribution < -0.4 is 0 Å². The van der Waals surface area contributed by atoms with Crippen LogP contribution in [-0.2, 0) is 0 Å². The van der Waals surface area contributed by atoms with Gasteiger partial charge in [0.1, 0.15) is 0 Å². The summed E-state index contributed by atoms with van der Waals surface area (Å²) in [6, 6.07) is 0. The number of allylic oxidation sites excluding steroid dienone is 3. The molecule has 0 aromatic heterocycles. The van der Waals surface area contributed by atoms with Crippen molar-refractivity contribution in [1.29, 1.82) is 0 Å². The maximum Gasteiger partial charge on any atom is 0.0970 e. The van der Waals surface area contributed by atoms with E-state index in [1.165, 1.54) is 0 Å². The normalized spacial score (nSPS) is 32.1. The van der Waals surface area contributed by atoms with Crippen LogP contribution in [-0.4, -0.2) is 21.4 Å². The Morgan fingerprint density at radius 1 is 0.900 bits per heavy atom. The Kier molecular flexibility index (Phi) is 7.25. The first kappa shape index (κ1) is 17.2. The molecule has 2 unspecified atom stereocenters. The summed E-state index contributed by atoms with van der Waals surface area (Å²) in [5.41, 5.74) is -2.02. The third-order valence-electron chi connectivity index (χ3n) is 4.46. The largest absolute Gasteiger partial charge is 0.387 e. The second kappa shape index (κ2) is 8.43. The summed E-state index contributed by atoms with van der Waals surface area (Å²) in [7, 11) is 0. The molecule has 2 heteroatoms. The van der Waals surface area contributed by atoms with E-state index in [2.05, 4.69) is 25.3 Å². The SMILES string of the molecule is C=CCCCCCC1(O)CC/C=C\CCC1(O)CC=C. The first-order valence-corrected chi connectivity index (χ1v) is 7.89. The van der Waals surface area contributed by atoms with Crippen molar-refractivity contribution in [2.45, 2.75) is 75.4 Å². The van der Waals surface area contributed by atoms with Gasteiger partial charge in [-0.2, -0.15) is 0 Å². The van der Waals surface area contributed by atoms with Crippen LogP contribution in [0.2, 0.25) is 0 Å². The van der Waals surface area contributed by atoms with E-state index >= 15 is 0 Å². The summed E-state index contributed by atoms with van der Waals surface area (Å²) in [4.78, 5) is 0. The summed E-state index contributed by atoms with van der Waals surface area (Å²) in [6.45, 7) is 7.46. The minimum atomic E-state index is -1.03. The van der Waals surface area contributed by atoms with Gasteiger partial charge in [0, 0.05) is 0 Å². The topological polar surface area (TPSA) is 40.5 Å². The van der Waals surface area contributed by atoms with Gasteiger partial charge in [0.15, 0.2) is 0 Å². The average molecular weight is 278 g/mol. The third-order valence-corrected chi connectivity index (χ3v) is 4.46. The quantitative estimate of drug-likeness (QED) is 0.513. The first-order valence-electron chi connectivity index (χ1n) is 7.89. The van der Waals surface area contributed by atoms with Crippen LogP contribution >= 0.6 is 0 Å². The van der Waals surface area contributed by atoms with E-state index in [4.69, 9.17) is 0 Å². The van der Waals surface area contributed by atoms with Crippen LogP contribution in [0.1, 0.15) is 64.2 Å². The van der Waals surface area contributed by atoms with Gasteiger partial charge in [-0.25, -0.2) is 0 Å². The molecule has 0 saturated carbocycles. The van der Waals surface area contributed by atoms with Crippen LogP contribution in [0.25, 0.3) is 0 Å². The molecule has 0 fully saturated rings. The molecule has 114 valence electrons. The highest BCUT2D eigenvalue weighted by molar-refractivity contribution is 5.06. The van der Waals surface area contributed by atoms with Crippen molar-refractivity contribution in [3.05, 3.63) is 37.5 Å². The van der Waals surface area contributed by atoms with Crippen LogP contribution in [0.3, 0.4) is 0 Å². The molecule has 1 aliphatic carbocycles. The molecule has 2 atom stereocenters. The summed E-state index contributed by atoms with van der Waals surface area (Å²) in [5, 5.41) is 22.0. The molecular formula is C18H30O2. The van der Waals surface area contributed by atoms with Gasteiger partial charge >= 0.3 is 0 Å². The molecule has 1 aliphatic rings. The highest BCUT2D eigenvalue weighted by Crippen LogP contribution is 2.39. The smallest absolute Gasteiger partial charge is 0.0970 e. The number of hydrogen-bond acceptors (Lipinski definition) is 2. The molecule has 0 aliphatic heterocycles. The monoisotopic (exact) mass is 278 g/mol. The van der Waals surface area contributed by atoms with Crippen molar-refractivity contribution >= 4 is 0 Å². The molecule has 0 amide bonds. The Labute approximate surface area is 123 Å². The maximum atomic E-state index is 11.0. The van der Waals surface area contributed by atoms with Gasteiger partial charge in [-0.15, -0.1) is 13.2 Å². The van der Waals surface area contributed by atoms with Crippen molar-refractivity contribution in [1.82, 2.24) is 0 Å². The molecule has 0 bridgehead atoms. The van der Waals surface area contributed by atoms with Crippen LogP contribution in [0.4, 0.5) is 0 Å². The highest BCUT2D eigenvalue weighted by Gasteiger charge is 2.46. The van der Waals surface area contributed by atoms with E-state index in [1.54, 1.807) is 6.08 Å². The lowest BCUT2D eigenvalue weighted by molar-refractivity contribution is -0.163. The molecule has 0 saturated heterocycles. The van der Waals surface area contributed by atoms with E-state index < -0.39 is 11.2 Å². The molecule has 0 aromatic carbocycles. The van der Waals surface area contributed by atoms with Gasteiger partial charge in [-0.1, -0.05) is 37.1 Å². The Morgan fingerprint density at radius 3 is 2.15 bits per heavy atom. The molecule has 0 spiro atoms. The Hall–Kier alpha value is -0.860. The molecule has 0 aromatic rings. The van der Waals surface area contributed by atoms with Gasteiger partial charge in [0.2, 0.25) is 0 Å². The van der Waals surface area contributed by atoms with Crippen molar-refractivity contribution in [2.24, 2.45) is 0 Å². The average Bonchev–Trinajstić information content (AvgIpc) is 2.41. The number of unbranched alkanes of at least 4 members (excludes halogenated alkanes) is 3. The molecule has 2 N–H and O–H groups in total. The van der Waals surface area contributed by atoms with E-state index in [9.17, 15) is 10.2 Å². The predicted molar refractivity (Wildman–Crippen MR) is 85.6 cm³/mol. The number of aliphatic hydroxyl groups is 2. The lowest BCUT2D eigenvalue weighted by atomic mass is 9.71. The summed E-state index contributed by atoms with van der Waals surface area (Å²) >= 11 is 0. The molecule has 0 heterocycles. The zero-order chi connectivity index (χ0) is 14.9. The number of rotatable bonds is 8. The van der Waals surface area contributed by atoms with Crippen LogP contribution in [0.5, 0.6) is 0 Å². The third kappa shape index (κ3) is 4.60. The molecule has 2 nitrogen and oxygen atoms in total. The van der Waals surface area contributed by atoms with Crippen molar-refractivity contribution in [3.8, 4) is 0 Å². The van der Waals surface area contributed by atoms with Gasteiger partial charge in [-0.3, -0.25) is 0 Å². The van der Waals surface area contributed by atoms with E-state index in [-0.39, 0.29) is 0 Å². The summed E-state index contributed by atoms with van der Waals surface area (Å²) in [6.07, 6.45) is 16.1. The molecule has 1 rings (SSSR count). The van der Waals surface area contributed by atoms with Crippen molar-refractivity contribution in [2.75, 3.05) is 0 Å². The maximum absolute atomic E-state index is 11.0. The summed E-state index contributed by atoms with van der Waals surface area (Å²) in [5.74, 6) is 0. The van der Waals surface area contributed by atoms with Crippen molar-refractivity contribution < 1.29 is 10.2 Å². The fraction of sp³-hybridized carbons (Fsp3) is 0.667. The minimum Gasteiger partial charge on any atom is -0.387 e. The molecule has 0 radical (unpaired) electrons. The lowest BCUT2D eigenvalue weighted by Gasteiger charge is -2.44. The minimum absolute atomic E-state index is 0.462. The Balaban J connectivity index is 2.68. The summed E-state index contributed by atoms with van der Waals surface area (Å²) < 4.78 is 0. The Bertz CT molecular complexity index is 334. The fourth-order valence-electron chi connectivity index (χ4n) is 3.12. The lowest BCUT2D eigenvalue weighted by Crippen LogP contribution is -2.54. The van der Waals surface area contributed by atoms with E-state index in [1.807, 2.05) is 6.08 Å². The highest BCUT2D eigenvalue weighted by atomic mass is 16.4.